The summed E-state index contributed by atoms with van der Waals surface area (Å²) in [5.74, 6) is 0.149. The van der Waals surface area contributed by atoms with E-state index in [1.165, 1.54) is 5.39 Å². The van der Waals surface area contributed by atoms with Gasteiger partial charge in [0.25, 0.3) is 0 Å². The van der Waals surface area contributed by atoms with Crippen LogP contribution in [0, 0.1) is 0 Å². The lowest BCUT2D eigenvalue weighted by Gasteiger charge is -2.26. The first-order chi connectivity index (χ1) is 15.1. The van der Waals surface area contributed by atoms with E-state index in [-0.39, 0.29) is 5.75 Å². The van der Waals surface area contributed by atoms with Gasteiger partial charge in [-0.3, -0.25) is 0 Å². The highest BCUT2D eigenvalue weighted by molar-refractivity contribution is 9.10. The molecule has 158 valence electrons. The summed E-state index contributed by atoms with van der Waals surface area (Å²) >= 11 is 3.44. The topological polar surface area (TPSA) is 48.2 Å². The van der Waals surface area contributed by atoms with E-state index < -0.39 is 0 Å². The summed E-state index contributed by atoms with van der Waals surface area (Å²) in [6, 6.07) is 22.1. The Hall–Kier alpha value is -2.92. The van der Waals surface area contributed by atoms with Crippen molar-refractivity contribution in [3.05, 3.63) is 71.2 Å². The Balaban J connectivity index is 1.93. The molecule has 0 radical (unpaired) electrons. The van der Waals surface area contributed by atoms with Crippen molar-refractivity contribution in [3.63, 3.8) is 0 Å². The highest BCUT2D eigenvalue weighted by Gasteiger charge is 2.17. The molecule has 5 heteroatoms. The number of halogens is 1. The normalized spacial score (nSPS) is 11.6. The number of aromatic hydroxyl groups is 1. The fraction of sp³-hybridized carbons (Fsp3) is 0.231. The lowest BCUT2D eigenvalue weighted by molar-refractivity contribution is 0.477. The zero-order chi connectivity index (χ0) is 21.8. The first-order valence-electron chi connectivity index (χ1n) is 10.7. The molecule has 0 unspecified atom stereocenters. The van der Waals surface area contributed by atoms with Crippen molar-refractivity contribution >= 4 is 54.5 Å². The van der Waals surface area contributed by atoms with Crippen molar-refractivity contribution in [1.82, 2.24) is 0 Å². The summed E-state index contributed by atoms with van der Waals surface area (Å²) in [7, 11) is 0. The van der Waals surface area contributed by atoms with Crippen molar-refractivity contribution in [1.29, 1.82) is 0 Å². The second-order valence-corrected chi connectivity index (χ2v) is 8.59. The van der Waals surface area contributed by atoms with Gasteiger partial charge in [0.1, 0.15) is 11.4 Å². The van der Waals surface area contributed by atoms with Gasteiger partial charge in [-0.15, -0.1) is 5.11 Å². The number of anilines is 1. The maximum Gasteiger partial charge on any atom is 0.145 e. The molecule has 0 amide bonds. The average Bonchev–Trinajstić information content (AvgIpc) is 2.78. The third-order valence-electron chi connectivity index (χ3n) is 5.35. The van der Waals surface area contributed by atoms with Gasteiger partial charge in [-0.1, -0.05) is 54.0 Å². The number of hydrogen-bond donors (Lipinski definition) is 1. The van der Waals surface area contributed by atoms with Gasteiger partial charge in [0.2, 0.25) is 0 Å². The molecule has 1 N–H and O–H groups in total. The summed E-state index contributed by atoms with van der Waals surface area (Å²) in [4.78, 5) is 2.35. The SMILES string of the molecule is CCCN(CCC)c1cc(O)c(N=Nc2ccc(Br)cc2)c2cc3ccccc3cc12. The zero-order valence-electron chi connectivity index (χ0n) is 17.8. The van der Waals surface area contributed by atoms with Crippen LogP contribution >= 0.6 is 15.9 Å². The first-order valence-corrected chi connectivity index (χ1v) is 11.5. The van der Waals surface area contributed by atoms with Crippen molar-refractivity contribution in [2.24, 2.45) is 10.2 Å². The third-order valence-corrected chi connectivity index (χ3v) is 5.88. The Kier molecular flexibility index (Phi) is 6.52. The van der Waals surface area contributed by atoms with Crippen LogP contribution < -0.4 is 4.90 Å². The second-order valence-electron chi connectivity index (χ2n) is 7.67. The van der Waals surface area contributed by atoms with E-state index in [2.05, 4.69) is 75.2 Å². The second kappa shape index (κ2) is 9.48. The van der Waals surface area contributed by atoms with Crippen LogP contribution in [0.4, 0.5) is 17.1 Å². The van der Waals surface area contributed by atoms with Crippen LogP contribution in [-0.2, 0) is 0 Å². The molecule has 4 aromatic carbocycles. The molecule has 0 bridgehead atoms. The van der Waals surface area contributed by atoms with E-state index in [0.29, 0.717) is 5.69 Å². The van der Waals surface area contributed by atoms with Gasteiger partial charge in [0.05, 0.1) is 5.69 Å². The Morgan fingerprint density at radius 3 is 2.03 bits per heavy atom. The number of hydrogen-bond acceptors (Lipinski definition) is 4. The standard InChI is InChI=1S/C26H26BrN3O/c1-3-13-30(14-4-2)24-17-25(31)26(29-28-21-11-9-20(27)10-12-21)23-16-19-8-6-5-7-18(19)15-22(23)24/h5-12,15-17,31H,3-4,13-14H2,1-2H3. The van der Waals surface area contributed by atoms with E-state index in [0.717, 1.165) is 57.9 Å². The monoisotopic (exact) mass is 475 g/mol. The molecule has 0 fully saturated rings. The molecule has 4 aromatic rings. The molecular formula is C26H26BrN3O. The summed E-state index contributed by atoms with van der Waals surface area (Å²) in [5, 5.41) is 24.1. The van der Waals surface area contributed by atoms with Gasteiger partial charge in [-0.05, 0) is 60.0 Å². The summed E-state index contributed by atoms with van der Waals surface area (Å²) < 4.78 is 0.988. The van der Waals surface area contributed by atoms with Gasteiger partial charge in [0.15, 0.2) is 0 Å². The molecule has 0 aliphatic heterocycles. The largest absolute Gasteiger partial charge is 0.506 e. The Morgan fingerprint density at radius 2 is 1.42 bits per heavy atom. The number of rotatable bonds is 7. The van der Waals surface area contributed by atoms with Gasteiger partial charge in [-0.2, -0.15) is 5.11 Å². The van der Waals surface area contributed by atoms with Gasteiger partial charge in [0, 0.05) is 40.1 Å². The molecule has 0 aliphatic rings. The number of benzene rings is 4. The van der Waals surface area contributed by atoms with Crippen molar-refractivity contribution in [3.8, 4) is 5.75 Å². The molecule has 0 saturated carbocycles. The molecule has 0 aromatic heterocycles. The van der Waals surface area contributed by atoms with E-state index >= 15 is 0 Å². The fourth-order valence-corrected chi connectivity index (χ4v) is 4.20. The summed E-state index contributed by atoms with van der Waals surface area (Å²) in [6.45, 7) is 6.24. The molecule has 0 atom stereocenters. The molecule has 0 saturated heterocycles. The van der Waals surface area contributed by atoms with Gasteiger partial charge in [-0.25, -0.2) is 0 Å². The van der Waals surface area contributed by atoms with Crippen LogP contribution in [-0.4, -0.2) is 18.2 Å². The number of phenols is 1. The van der Waals surface area contributed by atoms with E-state index in [4.69, 9.17) is 0 Å². The molecule has 0 spiro atoms. The number of fused-ring (bicyclic) bond motifs is 2. The molecule has 31 heavy (non-hydrogen) atoms. The zero-order valence-corrected chi connectivity index (χ0v) is 19.4. The predicted molar refractivity (Wildman–Crippen MR) is 134 cm³/mol. The lowest BCUT2D eigenvalue weighted by atomic mass is 9.99. The van der Waals surface area contributed by atoms with Crippen LogP contribution in [0.3, 0.4) is 0 Å². The Morgan fingerprint density at radius 1 is 0.806 bits per heavy atom. The minimum absolute atomic E-state index is 0.149. The number of phenolic OH excluding ortho intramolecular Hbond substituents is 1. The van der Waals surface area contributed by atoms with Crippen LogP contribution in [0.15, 0.2) is 81.4 Å². The maximum atomic E-state index is 11.0. The van der Waals surface area contributed by atoms with E-state index in [1.807, 2.05) is 36.4 Å². The van der Waals surface area contributed by atoms with Crippen LogP contribution in [0.5, 0.6) is 5.75 Å². The number of nitrogens with zero attached hydrogens (tertiary/aromatic N) is 3. The molecule has 0 aliphatic carbocycles. The van der Waals surface area contributed by atoms with Crippen molar-refractivity contribution < 1.29 is 5.11 Å². The minimum atomic E-state index is 0.149. The average molecular weight is 476 g/mol. The van der Waals surface area contributed by atoms with Crippen LogP contribution in [0.25, 0.3) is 21.5 Å². The smallest absolute Gasteiger partial charge is 0.145 e. The third kappa shape index (κ3) is 4.57. The Labute approximate surface area is 191 Å². The van der Waals surface area contributed by atoms with Gasteiger partial charge < -0.3 is 10.0 Å². The minimum Gasteiger partial charge on any atom is -0.506 e. The lowest BCUT2D eigenvalue weighted by Crippen LogP contribution is -2.25. The van der Waals surface area contributed by atoms with Crippen molar-refractivity contribution in [2.45, 2.75) is 26.7 Å². The van der Waals surface area contributed by atoms with Gasteiger partial charge >= 0.3 is 0 Å². The Bertz CT molecular complexity index is 1230. The highest BCUT2D eigenvalue weighted by Crippen LogP contribution is 2.43. The van der Waals surface area contributed by atoms with Crippen molar-refractivity contribution in [2.75, 3.05) is 18.0 Å². The number of azo groups is 1. The summed E-state index contributed by atoms with van der Waals surface area (Å²) in [6.07, 6.45) is 2.09. The van der Waals surface area contributed by atoms with E-state index in [9.17, 15) is 5.11 Å². The molecule has 4 nitrogen and oxygen atoms in total. The van der Waals surface area contributed by atoms with Crippen LogP contribution in [0.1, 0.15) is 26.7 Å². The first kappa shape index (κ1) is 21.3. The predicted octanol–water partition coefficient (Wildman–Crippen LogP) is 8.50. The molecule has 0 heterocycles. The molecule has 4 rings (SSSR count). The molecular weight excluding hydrogens is 450 g/mol. The van der Waals surface area contributed by atoms with E-state index in [1.54, 1.807) is 0 Å². The summed E-state index contributed by atoms with van der Waals surface area (Å²) in [5.41, 5.74) is 2.28. The quantitative estimate of drug-likeness (QED) is 0.215. The van der Waals surface area contributed by atoms with Crippen LogP contribution in [0.2, 0.25) is 0 Å². The fourth-order valence-electron chi connectivity index (χ4n) is 3.94. The maximum absolute atomic E-state index is 11.0. The highest BCUT2D eigenvalue weighted by atomic mass is 79.9.